The summed E-state index contributed by atoms with van der Waals surface area (Å²) in [6, 6.07) is 18.6. The van der Waals surface area contributed by atoms with Gasteiger partial charge >= 0.3 is 0 Å². The van der Waals surface area contributed by atoms with Gasteiger partial charge in [0, 0.05) is 16.6 Å². The minimum Gasteiger partial charge on any atom is -0.271 e. The van der Waals surface area contributed by atoms with Crippen LogP contribution in [0.2, 0.25) is 0 Å². The lowest BCUT2D eigenvalue weighted by Crippen LogP contribution is -2.39. The molecule has 0 aliphatic carbocycles. The van der Waals surface area contributed by atoms with Crippen molar-refractivity contribution in [2.24, 2.45) is 5.10 Å². The van der Waals surface area contributed by atoms with Gasteiger partial charge in [0.05, 0.1) is 21.2 Å². The number of carbonyl (C=O) groups excluding carboxylic acids is 1. The summed E-state index contributed by atoms with van der Waals surface area (Å²) < 4.78 is 28.5. The molecule has 0 saturated carbocycles. The maximum absolute atomic E-state index is 13.4. The zero-order chi connectivity index (χ0) is 24.9. The van der Waals surface area contributed by atoms with Gasteiger partial charge in [-0.3, -0.25) is 19.2 Å². The molecule has 0 saturated heterocycles. The number of hydrogen-bond acceptors (Lipinski definition) is 6. The van der Waals surface area contributed by atoms with Crippen LogP contribution in [-0.2, 0) is 14.8 Å². The van der Waals surface area contributed by atoms with Crippen LogP contribution in [0.1, 0.15) is 18.1 Å². The maximum atomic E-state index is 13.4. The number of nitro groups is 1. The summed E-state index contributed by atoms with van der Waals surface area (Å²) in [5.41, 5.74) is 4.49. The Balaban J connectivity index is 1.83. The molecule has 0 heterocycles. The van der Waals surface area contributed by atoms with E-state index in [1.807, 2.05) is 6.92 Å². The number of non-ortho nitro benzene ring substituents is 1. The molecule has 3 rings (SSSR count). The Kier molecular flexibility index (Phi) is 7.79. The molecular weight excluding hydrogens is 524 g/mol. The Bertz CT molecular complexity index is 1320. The number of hydrogen-bond donors (Lipinski definition) is 1. The molecule has 34 heavy (non-hydrogen) atoms. The van der Waals surface area contributed by atoms with Crippen molar-refractivity contribution in [2.45, 2.75) is 18.7 Å². The number of nitrogens with zero attached hydrogens (tertiary/aromatic N) is 3. The third kappa shape index (κ3) is 6.06. The number of nitro benzene ring substituents is 1. The van der Waals surface area contributed by atoms with E-state index in [-0.39, 0.29) is 10.6 Å². The molecule has 0 aliphatic heterocycles. The third-order valence-corrected chi connectivity index (χ3v) is 7.17. The van der Waals surface area contributed by atoms with Crippen molar-refractivity contribution in [2.75, 3.05) is 10.8 Å². The van der Waals surface area contributed by atoms with Crippen LogP contribution in [0, 0.1) is 17.0 Å². The summed E-state index contributed by atoms with van der Waals surface area (Å²) in [4.78, 5) is 23.0. The molecule has 0 atom stereocenters. The van der Waals surface area contributed by atoms with E-state index in [1.165, 1.54) is 36.4 Å². The standard InChI is InChI=1S/C23H21BrN4O5S/c1-16-3-13-22(14-4-16)34(32,33)27(20-11-7-19(24)8-12-20)15-23(29)26-25-17(2)18-5-9-21(10-6-18)28(30)31/h3-14H,15H2,1-2H3,(H,26,29)/b25-17-. The second-order valence-corrected chi connectivity index (χ2v) is 10.1. The number of carbonyl (C=O) groups is 1. The van der Waals surface area contributed by atoms with E-state index in [0.29, 0.717) is 17.0 Å². The lowest BCUT2D eigenvalue weighted by atomic mass is 10.1. The highest BCUT2D eigenvalue weighted by molar-refractivity contribution is 9.10. The summed E-state index contributed by atoms with van der Waals surface area (Å²) in [5, 5.41) is 14.8. The fourth-order valence-electron chi connectivity index (χ4n) is 2.96. The van der Waals surface area contributed by atoms with Crippen LogP contribution in [0.3, 0.4) is 0 Å². The van der Waals surface area contributed by atoms with Crippen molar-refractivity contribution in [3.8, 4) is 0 Å². The first kappa shape index (κ1) is 25.1. The Labute approximate surface area is 205 Å². The maximum Gasteiger partial charge on any atom is 0.269 e. The Morgan fingerprint density at radius 2 is 1.62 bits per heavy atom. The van der Waals surface area contributed by atoms with E-state index in [1.54, 1.807) is 43.3 Å². The molecule has 1 amide bonds. The second-order valence-electron chi connectivity index (χ2n) is 7.34. The predicted molar refractivity (Wildman–Crippen MR) is 133 cm³/mol. The summed E-state index contributed by atoms with van der Waals surface area (Å²) in [5.74, 6) is -0.653. The summed E-state index contributed by atoms with van der Waals surface area (Å²) in [6.07, 6.45) is 0. The molecule has 0 aromatic heterocycles. The van der Waals surface area contributed by atoms with Crippen LogP contribution in [0.25, 0.3) is 0 Å². The van der Waals surface area contributed by atoms with Gasteiger partial charge in [0.1, 0.15) is 6.54 Å². The van der Waals surface area contributed by atoms with Gasteiger partial charge in [-0.05, 0) is 67.9 Å². The number of sulfonamides is 1. The van der Waals surface area contributed by atoms with E-state index in [4.69, 9.17) is 0 Å². The minimum absolute atomic E-state index is 0.0550. The number of amides is 1. The van der Waals surface area contributed by atoms with Crippen LogP contribution in [0.5, 0.6) is 0 Å². The average Bonchev–Trinajstić information content (AvgIpc) is 2.82. The van der Waals surface area contributed by atoms with Gasteiger partial charge in [0.2, 0.25) is 0 Å². The van der Waals surface area contributed by atoms with Gasteiger partial charge in [0.15, 0.2) is 0 Å². The van der Waals surface area contributed by atoms with Crippen LogP contribution in [0.15, 0.2) is 87.3 Å². The molecule has 11 heteroatoms. The number of halogens is 1. The van der Waals surface area contributed by atoms with E-state index < -0.39 is 27.4 Å². The van der Waals surface area contributed by atoms with E-state index in [9.17, 15) is 23.3 Å². The largest absolute Gasteiger partial charge is 0.271 e. The second kappa shape index (κ2) is 10.6. The molecule has 0 bridgehead atoms. The number of anilines is 1. The fraction of sp³-hybridized carbons (Fsp3) is 0.130. The molecule has 0 unspecified atom stereocenters. The normalized spacial score (nSPS) is 11.7. The van der Waals surface area contributed by atoms with Gasteiger partial charge in [-0.25, -0.2) is 13.8 Å². The van der Waals surface area contributed by atoms with E-state index in [2.05, 4.69) is 26.5 Å². The van der Waals surface area contributed by atoms with Crippen molar-refractivity contribution in [3.05, 3.63) is 98.5 Å². The number of hydrazone groups is 1. The highest BCUT2D eigenvalue weighted by Crippen LogP contribution is 2.25. The van der Waals surface area contributed by atoms with Gasteiger partial charge in [0.25, 0.3) is 21.6 Å². The summed E-state index contributed by atoms with van der Waals surface area (Å²) in [6.45, 7) is 2.97. The van der Waals surface area contributed by atoms with E-state index >= 15 is 0 Å². The predicted octanol–water partition coefficient (Wildman–Crippen LogP) is 4.40. The Morgan fingerprint density at radius 1 is 1.03 bits per heavy atom. The van der Waals surface area contributed by atoms with Crippen molar-refractivity contribution in [1.82, 2.24) is 5.43 Å². The molecule has 1 N–H and O–H groups in total. The zero-order valence-corrected chi connectivity index (χ0v) is 20.7. The van der Waals surface area contributed by atoms with Crippen LogP contribution in [-0.4, -0.2) is 31.5 Å². The van der Waals surface area contributed by atoms with Gasteiger partial charge in [-0.1, -0.05) is 33.6 Å². The SMILES string of the molecule is C/C(=N/NC(=O)CN(c1ccc(Br)cc1)S(=O)(=O)c1ccc(C)cc1)c1ccc([N+](=O)[O-])cc1. The van der Waals surface area contributed by atoms with Crippen LogP contribution < -0.4 is 9.73 Å². The average molecular weight is 545 g/mol. The number of aryl methyl sites for hydroxylation is 1. The molecule has 0 aliphatic rings. The molecule has 176 valence electrons. The highest BCUT2D eigenvalue weighted by atomic mass is 79.9. The highest BCUT2D eigenvalue weighted by Gasteiger charge is 2.27. The molecule has 3 aromatic carbocycles. The number of nitrogens with one attached hydrogen (secondary N) is 1. The lowest BCUT2D eigenvalue weighted by Gasteiger charge is -2.24. The van der Waals surface area contributed by atoms with Gasteiger partial charge in [-0.2, -0.15) is 5.10 Å². The monoisotopic (exact) mass is 544 g/mol. The van der Waals surface area contributed by atoms with Gasteiger partial charge < -0.3 is 0 Å². The van der Waals surface area contributed by atoms with Crippen LogP contribution >= 0.6 is 15.9 Å². The Hall–Kier alpha value is -3.57. The topological polar surface area (TPSA) is 122 Å². The van der Waals surface area contributed by atoms with Crippen molar-refractivity contribution < 1.29 is 18.1 Å². The smallest absolute Gasteiger partial charge is 0.269 e. The molecule has 0 radical (unpaired) electrons. The quantitative estimate of drug-likeness (QED) is 0.256. The summed E-state index contributed by atoms with van der Waals surface area (Å²) >= 11 is 3.32. The van der Waals surface area contributed by atoms with Gasteiger partial charge in [-0.15, -0.1) is 0 Å². The third-order valence-electron chi connectivity index (χ3n) is 4.86. The summed E-state index contributed by atoms with van der Waals surface area (Å²) in [7, 11) is -4.04. The van der Waals surface area contributed by atoms with E-state index in [0.717, 1.165) is 14.3 Å². The fourth-order valence-corrected chi connectivity index (χ4v) is 4.65. The molecule has 0 fully saturated rings. The zero-order valence-electron chi connectivity index (χ0n) is 18.3. The lowest BCUT2D eigenvalue weighted by molar-refractivity contribution is -0.384. The van der Waals surface area contributed by atoms with Crippen molar-refractivity contribution >= 4 is 48.9 Å². The van der Waals surface area contributed by atoms with Crippen LogP contribution in [0.4, 0.5) is 11.4 Å². The molecule has 0 spiro atoms. The molecule has 3 aromatic rings. The minimum atomic E-state index is -4.04. The first-order valence-corrected chi connectivity index (χ1v) is 12.2. The molecular formula is C23H21BrN4O5S. The number of rotatable bonds is 8. The molecule has 9 nitrogen and oxygen atoms in total. The first-order chi connectivity index (χ1) is 16.1. The Morgan fingerprint density at radius 3 is 2.18 bits per heavy atom. The van der Waals surface area contributed by atoms with Crippen molar-refractivity contribution in [3.63, 3.8) is 0 Å². The van der Waals surface area contributed by atoms with Crippen molar-refractivity contribution in [1.29, 1.82) is 0 Å². The number of benzene rings is 3. The first-order valence-electron chi connectivity index (χ1n) is 10.0.